The zero-order chi connectivity index (χ0) is 21.6. The molecule has 0 N–H and O–H groups in total. The van der Waals surface area contributed by atoms with Crippen molar-refractivity contribution in [3.63, 3.8) is 0 Å². The number of hydrogen-bond donors (Lipinski definition) is 0. The standard InChI is InChI=1S/C23H27N3O4S/c27-26(28)20-7-9-21(10-8-20)31(29,30)25-13-11-23(12-14-25)17-24(15-18-5-6-18)16-19-3-1-2-4-22(19)23/h1-4,7-10,18H,5-6,11-17H2. The number of nitro benzene ring substituents is 1. The molecule has 0 amide bonds. The van der Waals surface area contributed by atoms with Crippen molar-refractivity contribution >= 4 is 15.7 Å². The van der Waals surface area contributed by atoms with Gasteiger partial charge in [0.15, 0.2) is 0 Å². The van der Waals surface area contributed by atoms with Gasteiger partial charge in [-0.15, -0.1) is 0 Å². The number of sulfonamides is 1. The van der Waals surface area contributed by atoms with Gasteiger partial charge in [-0.1, -0.05) is 24.3 Å². The van der Waals surface area contributed by atoms with Gasteiger partial charge in [-0.3, -0.25) is 15.0 Å². The lowest BCUT2D eigenvalue weighted by molar-refractivity contribution is -0.384. The van der Waals surface area contributed by atoms with Gasteiger partial charge < -0.3 is 0 Å². The van der Waals surface area contributed by atoms with Gasteiger partial charge in [0.05, 0.1) is 9.82 Å². The minimum absolute atomic E-state index is 0.00870. The largest absolute Gasteiger partial charge is 0.298 e. The van der Waals surface area contributed by atoms with E-state index in [-0.39, 0.29) is 16.0 Å². The molecule has 3 aliphatic rings. The fourth-order valence-corrected chi connectivity index (χ4v) is 6.69. The maximum Gasteiger partial charge on any atom is 0.269 e. The summed E-state index contributed by atoms with van der Waals surface area (Å²) in [5.74, 6) is 0.824. The molecule has 7 nitrogen and oxygen atoms in total. The molecule has 0 unspecified atom stereocenters. The lowest BCUT2D eigenvalue weighted by atomic mass is 9.69. The second-order valence-corrected chi connectivity index (χ2v) is 11.1. The molecule has 2 aromatic rings. The Bertz CT molecular complexity index is 1090. The van der Waals surface area contributed by atoms with E-state index in [1.807, 2.05) is 0 Å². The fourth-order valence-electron chi connectivity index (χ4n) is 5.25. The van der Waals surface area contributed by atoms with Crippen LogP contribution in [0.5, 0.6) is 0 Å². The minimum Gasteiger partial charge on any atom is -0.298 e. The molecule has 2 heterocycles. The average molecular weight is 442 g/mol. The summed E-state index contributed by atoms with van der Waals surface area (Å²) >= 11 is 0. The van der Waals surface area contributed by atoms with Crippen LogP contribution in [0.2, 0.25) is 0 Å². The van der Waals surface area contributed by atoms with Crippen LogP contribution in [0, 0.1) is 16.0 Å². The van der Waals surface area contributed by atoms with Crippen molar-refractivity contribution in [2.45, 2.75) is 42.5 Å². The summed E-state index contributed by atoms with van der Waals surface area (Å²) < 4.78 is 27.8. The quantitative estimate of drug-likeness (QED) is 0.523. The molecule has 2 aliphatic heterocycles. The summed E-state index contributed by atoms with van der Waals surface area (Å²) in [6.07, 6.45) is 4.23. The summed E-state index contributed by atoms with van der Waals surface area (Å²) in [4.78, 5) is 13.0. The van der Waals surface area contributed by atoms with Crippen molar-refractivity contribution in [3.05, 3.63) is 69.8 Å². The van der Waals surface area contributed by atoms with Crippen LogP contribution in [0.15, 0.2) is 53.4 Å². The third kappa shape index (κ3) is 3.88. The minimum atomic E-state index is -3.66. The van der Waals surface area contributed by atoms with Gasteiger partial charge in [-0.25, -0.2) is 8.42 Å². The molecule has 0 atom stereocenters. The third-order valence-electron chi connectivity index (χ3n) is 7.09. The summed E-state index contributed by atoms with van der Waals surface area (Å²) in [6.45, 7) is 4.04. The van der Waals surface area contributed by atoms with E-state index in [4.69, 9.17) is 0 Å². The molecule has 2 fully saturated rings. The van der Waals surface area contributed by atoms with Gasteiger partial charge in [0.1, 0.15) is 0 Å². The van der Waals surface area contributed by atoms with E-state index in [0.29, 0.717) is 13.1 Å². The van der Waals surface area contributed by atoms with Gasteiger partial charge in [0.2, 0.25) is 10.0 Å². The third-order valence-corrected chi connectivity index (χ3v) is 9.00. The monoisotopic (exact) mass is 441 g/mol. The van der Waals surface area contributed by atoms with E-state index in [0.717, 1.165) is 38.4 Å². The second kappa shape index (κ2) is 7.69. The van der Waals surface area contributed by atoms with Gasteiger partial charge >= 0.3 is 0 Å². The predicted molar refractivity (Wildman–Crippen MR) is 117 cm³/mol. The summed E-state index contributed by atoms with van der Waals surface area (Å²) in [6, 6.07) is 13.8. The van der Waals surface area contributed by atoms with Crippen LogP contribution in [0.1, 0.15) is 36.8 Å². The van der Waals surface area contributed by atoms with Gasteiger partial charge in [0, 0.05) is 50.3 Å². The van der Waals surface area contributed by atoms with Crippen molar-refractivity contribution in [2.24, 2.45) is 5.92 Å². The summed E-state index contributed by atoms with van der Waals surface area (Å²) in [5.41, 5.74) is 2.65. The fraction of sp³-hybridized carbons (Fsp3) is 0.478. The second-order valence-electron chi connectivity index (χ2n) is 9.21. The van der Waals surface area contributed by atoms with E-state index in [1.54, 1.807) is 4.31 Å². The highest BCUT2D eigenvalue weighted by Gasteiger charge is 2.44. The SMILES string of the molecule is O=[N+]([O-])c1ccc(S(=O)(=O)N2CCC3(CC2)CN(CC2CC2)Cc2ccccc23)cc1. The molecule has 0 bridgehead atoms. The van der Waals surface area contributed by atoms with Crippen molar-refractivity contribution in [2.75, 3.05) is 26.2 Å². The number of fused-ring (bicyclic) bond motifs is 2. The first-order valence-corrected chi connectivity index (χ1v) is 12.4. The van der Waals surface area contributed by atoms with Crippen LogP contribution in [0.25, 0.3) is 0 Å². The Balaban J connectivity index is 1.36. The molecule has 31 heavy (non-hydrogen) atoms. The van der Waals surface area contributed by atoms with Crippen molar-refractivity contribution in [3.8, 4) is 0 Å². The Morgan fingerprint density at radius 1 is 1.03 bits per heavy atom. The van der Waals surface area contributed by atoms with Gasteiger partial charge in [-0.2, -0.15) is 4.31 Å². The lowest BCUT2D eigenvalue weighted by Gasteiger charge is -2.48. The van der Waals surface area contributed by atoms with E-state index < -0.39 is 14.9 Å². The van der Waals surface area contributed by atoms with Gasteiger partial charge in [-0.05, 0) is 54.9 Å². The molecule has 164 valence electrons. The molecule has 1 aliphatic carbocycles. The van der Waals surface area contributed by atoms with E-state index >= 15 is 0 Å². The Kier molecular flexibility index (Phi) is 5.11. The molecule has 1 spiro atoms. The molecule has 1 saturated carbocycles. The molecule has 5 rings (SSSR count). The first-order chi connectivity index (χ1) is 14.9. The number of non-ortho nitro benzene ring substituents is 1. The zero-order valence-electron chi connectivity index (χ0n) is 17.4. The highest BCUT2D eigenvalue weighted by atomic mass is 32.2. The van der Waals surface area contributed by atoms with Crippen LogP contribution in [0.3, 0.4) is 0 Å². The lowest BCUT2D eigenvalue weighted by Crippen LogP contribution is -2.53. The van der Waals surface area contributed by atoms with Crippen LogP contribution < -0.4 is 0 Å². The molecule has 0 aromatic heterocycles. The van der Waals surface area contributed by atoms with Gasteiger partial charge in [0.25, 0.3) is 5.69 Å². The highest BCUT2D eigenvalue weighted by Crippen LogP contribution is 2.43. The summed E-state index contributed by atoms with van der Waals surface area (Å²) in [7, 11) is -3.66. The van der Waals surface area contributed by atoms with Crippen LogP contribution in [-0.2, 0) is 22.0 Å². The molecular weight excluding hydrogens is 414 g/mol. The first-order valence-electron chi connectivity index (χ1n) is 10.9. The normalized spacial score (nSPS) is 21.7. The number of hydrogen-bond acceptors (Lipinski definition) is 5. The Hall–Kier alpha value is -2.29. The number of rotatable bonds is 5. The van der Waals surface area contributed by atoms with Crippen LogP contribution in [-0.4, -0.2) is 48.7 Å². The van der Waals surface area contributed by atoms with Crippen LogP contribution >= 0.6 is 0 Å². The predicted octanol–water partition coefficient (Wildman–Crippen LogP) is 3.54. The Morgan fingerprint density at radius 3 is 2.35 bits per heavy atom. The van der Waals surface area contributed by atoms with E-state index in [1.165, 1.54) is 48.2 Å². The number of nitro groups is 1. The molecular formula is C23H27N3O4S. The van der Waals surface area contributed by atoms with Crippen molar-refractivity contribution < 1.29 is 13.3 Å². The maximum absolute atomic E-state index is 13.1. The zero-order valence-corrected chi connectivity index (χ0v) is 18.3. The average Bonchev–Trinajstić information content (AvgIpc) is 3.58. The van der Waals surface area contributed by atoms with E-state index in [9.17, 15) is 18.5 Å². The first kappa shape index (κ1) is 20.6. The Morgan fingerprint density at radius 2 is 1.71 bits per heavy atom. The van der Waals surface area contributed by atoms with Crippen molar-refractivity contribution in [1.29, 1.82) is 0 Å². The number of piperidine rings is 1. The summed E-state index contributed by atoms with van der Waals surface area (Å²) in [5, 5.41) is 10.9. The van der Waals surface area contributed by atoms with Crippen molar-refractivity contribution in [1.82, 2.24) is 9.21 Å². The highest BCUT2D eigenvalue weighted by molar-refractivity contribution is 7.89. The number of nitrogens with zero attached hydrogens (tertiary/aromatic N) is 3. The maximum atomic E-state index is 13.1. The van der Waals surface area contributed by atoms with E-state index in [2.05, 4.69) is 29.2 Å². The topological polar surface area (TPSA) is 83.8 Å². The Labute approximate surface area is 182 Å². The molecule has 0 radical (unpaired) electrons. The number of benzene rings is 2. The smallest absolute Gasteiger partial charge is 0.269 e. The molecule has 8 heteroatoms. The molecule has 2 aromatic carbocycles. The van der Waals surface area contributed by atoms with Crippen LogP contribution in [0.4, 0.5) is 5.69 Å². The molecule has 1 saturated heterocycles.